The predicted molar refractivity (Wildman–Crippen MR) is 106 cm³/mol. The van der Waals surface area contributed by atoms with E-state index in [9.17, 15) is 4.79 Å². The molecule has 1 aromatic carbocycles. The van der Waals surface area contributed by atoms with E-state index in [0.717, 1.165) is 45.7 Å². The van der Waals surface area contributed by atoms with Crippen molar-refractivity contribution in [3.8, 4) is 11.5 Å². The van der Waals surface area contributed by atoms with E-state index in [1.807, 2.05) is 0 Å². The third kappa shape index (κ3) is 5.43. The zero-order valence-corrected chi connectivity index (χ0v) is 16.4. The van der Waals surface area contributed by atoms with Crippen LogP contribution in [0.5, 0.6) is 11.5 Å². The molecule has 0 unspecified atom stereocenters. The first-order chi connectivity index (χ1) is 13.7. The van der Waals surface area contributed by atoms with Gasteiger partial charge in [0.05, 0.1) is 32.1 Å². The van der Waals surface area contributed by atoms with Crippen molar-refractivity contribution < 1.29 is 23.7 Å². The molecule has 2 aliphatic rings. The molecule has 154 valence electrons. The van der Waals surface area contributed by atoms with E-state index < -0.39 is 0 Å². The van der Waals surface area contributed by atoms with Crippen molar-refractivity contribution in [2.24, 2.45) is 4.99 Å². The summed E-state index contributed by atoms with van der Waals surface area (Å²) < 4.78 is 22.8. The first-order valence-electron chi connectivity index (χ1n) is 9.75. The molecule has 0 aliphatic carbocycles. The number of carbonyl (C=O) groups is 1. The van der Waals surface area contributed by atoms with Crippen LogP contribution in [0, 0.1) is 0 Å². The van der Waals surface area contributed by atoms with Crippen LogP contribution in [-0.4, -0.2) is 83.3 Å². The quantitative estimate of drug-likeness (QED) is 0.679. The average Bonchev–Trinajstić information content (AvgIpc) is 2.74. The monoisotopic (exact) mass is 391 g/mol. The van der Waals surface area contributed by atoms with E-state index in [4.69, 9.17) is 18.9 Å². The maximum Gasteiger partial charge on any atom is 0.257 e. The second-order valence-corrected chi connectivity index (χ2v) is 6.78. The molecule has 2 heterocycles. The van der Waals surface area contributed by atoms with Crippen molar-refractivity contribution in [3.63, 3.8) is 0 Å². The topological polar surface area (TPSA) is 81.6 Å². The molecule has 1 N–H and O–H groups in total. The van der Waals surface area contributed by atoms with Crippen LogP contribution in [0.3, 0.4) is 0 Å². The van der Waals surface area contributed by atoms with E-state index in [1.54, 1.807) is 19.2 Å². The van der Waals surface area contributed by atoms with Crippen LogP contribution in [-0.2, 0) is 9.47 Å². The number of aliphatic imine (C=N–C) groups is 1. The van der Waals surface area contributed by atoms with E-state index in [0.29, 0.717) is 42.6 Å². The first-order valence-corrected chi connectivity index (χ1v) is 9.75. The highest BCUT2D eigenvalue weighted by atomic mass is 16.5. The van der Waals surface area contributed by atoms with Crippen molar-refractivity contribution in [3.05, 3.63) is 17.7 Å². The Morgan fingerprint density at radius 3 is 2.64 bits per heavy atom. The summed E-state index contributed by atoms with van der Waals surface area (Å²) >= 11 is 0. The molecule has 2 saturated heterocycles. The zero-order valence-electron chi connectivity index (χ0n) is 16.4. The molecule has 2 fully saturated rings. The fourth-order valence-electron chi connectivity index (χ4n) is 3.32. The fraction of sp³-hybridized carbons (Fsp3) is 0.600. The smallest absolute Gasteiger partial charge is 0.257 e. The standard InChI is InChI=1S/C20H29N3O5/c1-21-17-13-16(27-12-7-23-5-10-26-11-6-23)14-18(19(17)20(24)22-2)28-15-3-8-25-9-4-15/h13-15H,1,3-12H2,2H3,(H,22,24). The summed E-state index contributed by atoms with van der Waals surface area (Å²) in [5.41, 5.74) is 0.829. The molecule has 8 nitrogen and oxygen atoms in total. The van der Waals surface area contributed by atoms with Gasteiger partial charge in [-0.15, -0.1) is 0 Å². The van der Waals surface area contributed by atoms with Crippen LogP contribution in [0.2, 0.25) is 0 Å². The van der Waals surface area contributed by atoms with Gasteiger partial charge >= 0.3 is 0 Å². The minimum atomic E-state index is -0.260. The lowest BCUT2D eigenvalue weighted by Crippen LogP contribution is -2.38. The minimum Gasteiger partial charge on any atom is -0.492 e. The Morgan fingerprint density at radius 1 is 1.25 bits per heavy atom. The van der Waals surface area contributed by atoms with Crippen LogP contribution in [0.4, 0.5) is 5.69 Å². The fourth-order valence-corrected chi connectivity index (χ4v) is 3.32. The Hall–Kier alpha value is -2.16. The molecule has 0 radical (unpaired) electrons. The molecule has 0 aromatic heterocycles. The first kappa shape index (κ1) is 20.6. The highest BCUT2D eigenvalue weighted by Gasteiger charge is 2.23. The lowest BCUT2D eigenvalue weighted by atomic mass is 10.1. The molecular formula is C20H29N3O5. The molecule has 2 aliphatic heterocycles. The van der Waals surface area contributed by atoms with Gasteiger partial charge in [0.1, 0.15) is 29.8 Å². The number of carbonyl (C=O) groups excluding carboxylic acids is 1. The van der Waals surface area contributed by atoms with Gasteiger partial charge in [-0.3, -0.25) is 14.7 Å². The van der Waals surface area contributed by atoms with E-state index in [-0.39, 0.29) is 12.0 Å². The third-order valence-electron chi connectivity index (χ3n) is 4.92. The summed E-state index contributed by atoms with van der Waals surface area (Å²) in [6.07, 6.45) is 1.57. The average molecular weight is 391 g/mol. The maximum absolute atomic E-state index is 12.4. The van der Waals surface area contributed by atoms with Crippen molar-refractivity contribution in [2.45, 2.75) is 18.9 Å². The number of hydrogen-bond donors (Lipinski definition) is 1. The zero-order chi connectivity index (χ0) is 19.8. The SMILES string of the molecule is C=Nc1cc(OCCN2CCOCC2)cc(OC2CCOCC2)c1C(=O)NC. The molecule has 3 rings (SSSR count). The van der Waals surface area contributed by atoms with Crippen LogP contribution < -0.4 is 14.8 Å². The molecule has 8 heteroatoms. The van der Waals surface area contributed by atoms with E-state index >= 15 is 0 Å². The number of nitrogens with zero attached hydrogens (tertiary/aromatic N) is 2. The summed E-state index contributed by atoms with van der Waals surface area (Å²) in [6, 6.07) is 3.50. The number of hydrogen-bond acceptors (Lipinski definition) is 7. The Morgan fingerprint density at radius 2 is 1.96 bits per heavy atom. The maximum atomic E-state index is 12.4. The highest BCUT2D eigenvalue weighted by Crippen LogP contribution is 2.35. The minimum absolute atomic E-state index is 0.00146. The largest absolute Gasteiger partial charge is 0.492 e. The van der Waals surface area contributed by atoms with Crippen molar-refractivity contribution in [1.29, 1.82) is 0 Å². The summed E-state index contributed by atoms with van der Waals surface area (Å²) in [5.74, 6) is 0.826. The van der Waals surface area contributed by atoms with Crippen molar-refractivity contribution >= 4 is 18.3 Å². The predicted octanol–water partition coefficient (Wildman–Crippen LogP) is 1.65. The summed E-state index contributed by atoms with van der Waals surface area (Å²) in [4.78, 5) is 18.8. The van der Waals surface area contributed by atoms with Crippen LogP contribution in [0.25, 0.3) is 0 Å². The van der Waals surface area contributed by atoms with Gasteiger partial charge in [0, 0.05) is 51.7 Å². The van der Waals surface area contributed by atoms with Crippen molar-refractivity contribution in [2.75, 3.05) is 59.7 Å². The lowest BCUT2D eigenvalue weighted by Gasteiger charge is -2.27. The molecule has 1 aromatic rings. The molecule has 0 saturated carbocycles. The van der Waals surface area contributed by atoms with Gasteiger partial charge in [0.25, 0.3) is 5.91 Å². The summed E-state index contributed by atoms with van der Waals surface area (Å²) in [6.45, 7) is 9.61. The van der Waals surface area contributed by atoms with Gasteiger partial charge in [-0.2, -0.15) is 0 Å². The Bertz CT molecular complexity index is 670. The lowest BCUT2D eigenvalue weighted by molar-refractivity contribution is 0.0250. The second-order valence-electron chi connectivity index (χ2n) is 6.78. The molecule has 0 spiro atoms. The molecular weight excluding hydrogens is 362 g/mol. The van der Waals surface area contributed by atoms with Crippen LogP contribution >= 0.6 is 0 Å². The van der Waals surface area contributed by atoms with Gasteiger partial charge in [-0.05, 0) is 6.72 Å². The van der Waals surface area contributed by atoms with Gasteiger partial charge < -0.3 is 24.3 Å². The van der Waals surface area contributed by atoms with E-state index in [2.05, 4.69) is 21.9 Å². The molecule has 28 heavy (non-hydrogen) atoms. The van der Waals surface area contributed by atoms with E-state index in [1.165, 1.54) is 0 Å². The number of rotatable bonds is 8. The number of amides is 1. The number of morpholine rings is 1. The van der Waals surface area contributed by atoms with Gasteiger partial charge in [-0.25, -0.2) is 0 Å². The van der Waals surface area contributed by atoms with Crippen LogP contribution in [0.1, 0.15) is 23.2 Å². The number of ether oxygens (including phenoxy) is 4. The van der Waals surface area contributed by atoms with Gasteiger partial charge in [0.2, 0.25) is 0 Å². The Kier molecular flexibility index (Phi) is 7.64. The molecule has 0 atom stereocenters. The van der Waals surface area contributed by atoms with Gasteiger partial charge in [-0.1, -0.05) is 0 Å². The van der Waals surface area contributed by atoms with Gasteiger partial charge in [0.15, 0.2) is 0 Å². The number of benzene rings is 1. The highest BCUT2D eigenvalue weighted by molar-refractivity contribution is 6.02. The van der Waals surface area contributed by atoms with Crippen molar-refractivity contribution in [1.82, 2.24) is 10.2 Å². The summed E-state index contributed by atoms with van der Waals surface area (Å²) in [7, 11) is 1.58. The third-order valence-corrected chi connectivity index (χ3v) is 4.92. The normalized spacial score (nSPS) is 18.5. The van der Waals surface area contributed by atoms with Crippen LogP contribution in [0.15, 0.2) is 17.1 Å². The summed E-state index contributed by atoms with van der Waals surface area (Å²) in [5, 5.41) is 2.65. The molecule has 1 amide bonds. The second kappa shape index (κ2) is 10.4. The Balaban J connectivity index is 1.74. The number of nitrogens with one attached hydrogen (secondary N) is 1. The molecule has 0 bridgehead atoms. The Labute approximate surface area is 165 Å².